The van der Waals surface area contributed by atoms with Crippen LogP contribution in [0.5, 0.6) is 5.75 Å². The highest BCUT2D eigenvalue weighted by Gasteiger charge is 1.95. The molecule has 13 heavy (non-hydrogen) atoms. The summed E-state index contributed by atoms with van der Waals surface area (Å²) in [5.41, 5.74) is 1.17. The number of hydrogen-bond donors (Lipinski definition) is 0. The maximum Gasteiger partial charge on any atom is 0.133 e. The minimum atomic E-state index is 0.160. The Bertz CT molecular complexity index is 292. The molecule has 0 spiro atoms. The van der Waals surface area contributed by atoms with Crippen LogP contribution in [0.4, 0.5) is 0 Å². The van der Waals surface area contributed by atoms with Crippen molar-refractivity contribution in [2.75, 3.05) is 6.61 Å². The molecule has 1 rings (SSSR count). The summed E-state index contributed by atoms with van der Waals surface area (Å²) in [4.78, 5) is 10.6. The van der Waals surface area contributed by atoms with Gasteiger partial charge in [-0.3, -0.25) is 4.79 Å². The molecule has 0 bridgehead atoms. The molecule has 0 aliphatic heterocycles. The Balaban J connectivity index is 2.41. The summed E-state index contributed by atoms with van der Waals surface area (Å²) in [5.74, 6) is 0.994. The van der Waals surface area contributed by atoms with Crippen LogP contribution in [0.3, 0.4) is 0 Å². The van der Waals surface area contributed by atoms with E-state index < -0.39 is 0 Å². The standard InChI is InChI=1S/C11H14O2/c1-9-4-3-5-11(8-9)13-7-6-10(2)12/h3-5,8H,6-7H2,1-2H3. The Hall–Kier alpha value is -1.31. The molecule has 0 radical (unpaired) electrons. The first-order valence-electron chi connectivity index (χ1n) is 4.37. The van der Waals surface area contributed by atoms with Crippen molar-refractivity contribution in [1.82, 2.24) is 0 Å². The third-order valence-electron chi connectivity index (χ3n) is 1.71. The van der Waals surface area contributed by atoms with Crippen molar-refractivity contribution in [3.63, 3.8) is 0 Å². The lowest BCUT2D eigenvalue weighted by Crippen LogP contribution is -2.02. The number of Topliss-reactive ketones (excluding diaryl/α,β-unsaturated/α-hetero) is 1. The van der Waals surface area contributed by atoms with Crippen molar-refractivity contribution in [1.29, 1.82) is 0 Å². The van der Waals surface area contributed by atoms with Crippen molar-refractivity contribution in [3.05, 3.63) is 29.8 Å². The van der Waals surface area contributed by atoms with Crippen LogP contribution >= 0.6 is 0 Å². The van der Waals surface area contributed by atoms with Gasteiger partial charge in [-0.25, -0.2) is 0 Å². The number of carbonyl (C=O) groups is 1. The Labute approximate surface area is 78.5 Å². The maximum atomic E-state index is 10.6. The Kier molecular flexibility index (Phi) is 3.50. The molecular formula is C11H14O2. The molecule has 0 aromatic heterocycles. The molecule has 0 aliphatic rings. The van der Waals surface area contributed by atoms with E-state index >= 15 is 0 Å². The van der Waals surface area contributed by atoms with Crippen molar-refractivity contribution < 1.29 is 9.53 Å². The molecule has 0 fully saturated rings. The lowest BCUT2D eigenvalue weighted by Gasteiger charge is -2.04. The van der Waals surface area contributed by atoms with Gasteiger partial charge >= 0.3 is 0 Å². The van der Waals surface area contributed by atoms with Crippen LogP contribution in [0.2, 0.25) is 0 Å². The van der Waals surface area contributed by atoms with Gasteiger partial charge < -0.3 is 4.74 Å². The molecule has 0 saturated heterocycles. The Morgan fingerprint density at radius 1 is 1.46 bits per heavy atom. The SMILES string of the molecule is CC(=O)CCOc1cccc(C)c1. The smallest absolute Gasteiger partial charge is 0.133 e. The minimum absolute atomic E-state index is 0.160. The summed E-state index contributed by atoms with van der Waals surface area (Å²) in [6.07, 6.45) is 0.480. The monoisotopic (exact) mass is 178 g/mol. The van der Waals surface area contributed by atoms with Gasteiger partial charge in [0.05, 0.1) is 6.61 Å². The predicted octanol–water partition coefficient (Wildman–Crippen LogP) is 2.35. The quantitative estimate of drug-likeness (QED) is 0.707. The van der Waals surface area contributed by atoms with Gasteiger partial charge in [0.2, 0.25) is 0 Å². The molecule has 0 unspecified atom stereocenters. The molecule has 2 nitrogen and oxygen atoms in total. The molecule has 0 heterocycles. The number of rotatable bonds is 4. The second-order valence-corrected chi connectivity index (χ2v) is 3.12. The van der Waals surface area contributed by atoms with Gasteiger partial charge in [0.15, 0.2) is 0 Å². The second kappa shape index (κ2) is 4.65. The maximum absolute atomic E-state index is 10.6. The highest BCUT2D eigenvalue weighted by atomic mass is 16.5. The van der Waals surface area contributed by atoms with E-state index in [2.05, 4.69) is 0 Å². The summed E-state index contributed by atoms with van der Waals surface area (Å²) >= 11 is 0. The topological polar surface area (TPSA) is 26.3 Å². The number of ether oxygens (including phenoxy) is 1. The van der Waals surface area contributed by atoms with Crippen LogP contribution in [0.25, 0.3) is 0 Å². The number of ketones is 1. The summed E-state index contributed by atoms with van der Waals surface area (Å²) in [5, 5.41) is 0. The fourth-order valence-corrected chi connectivity index (χ4v) is 1.02. The molecule has 70 valence electrons. The van der Waals surface area contributed by atoms with Crippen LogP contribution in [0.15, 0.2) is 24.3 Å². The fraction of sp³-hybridized carbons (Fsp3) is 0.364. The average Bonchev–Trinajstić information content (AvgIpc) is 2.03. The van der Waals surface area contributed by atoms with E-state index in [1.165, 1.54) is 5.56 Å². The first-order valence-corrected chi connectivity index (χ1v) is 4.37. The summed E-state index contributed by atoms with van der Waals surface area (Å²) in [6.45, 7) is 4.05. The number of benzene rings is 1. The molecule has 0 saturated carbocycles. The average molecular weight is 178 g/mol. The number of hydrogen-bond acceptors (Lipinski definition) is 2. The lowest BCUT2D eigenvalue weighted by molar-refractivity contribution is -0.117. The van der Waals surface area contributed by atoms with Gasteiger partial charge in [-0.05, 0) is 31.5 Å². The highest BCUT2D eigenvalue weighted by molar-refractivity contribution is 5.75. The highest BCUT2D eigenvalue weighted by Crippen LogP contribution is 2.12. The van der Waals surface area contributed by atoms with Crippen molar-refractivity contribution in [2.24, 2.45) is 0 Å². The summed E-state index contributed by atoms with van der Waals surface area (Å²) in [7, 11) is 0. The van der Waals surface area contributed by atoms with Gasteiger partial charge in [0.25, 0.3) is 0 Å². The predicted molar refractivity (Wildman–Crippen MR) is 52.0 cm³/mol. The first-order chi connectivity index (χ1) is 6.18. The van der Waals surface area contributed by atoms with Gasteiger partial charge in [-0.15, -0.1) is 0 Å². The van der Waals surface area contributed by atoms with Crippen LogP contribution < -0.4 is 4.74 Å². The minimum Gasteiger partial charge on any atom is -0.493 e. The van der Waals surface area contributed by atoms with Crippen LogP contribution in [-0.2, 0) is 4.79 Å². The van der Waals surface area contributed by atoms with E-state index in [0.717, 1.165) is 5.75 Å². The van der Waals surface area contributed by atoms with Gasteiger partial charge in [-0.1, -0.05) is 12.1 Å². The van der Waals surface area contributed by atoms with Crippen LogP contribution in [0, 0.1) is 6.92 Å². The number of carbonyl (C=O) groups excluding carboxylic acids is 1. The van der Waals surface area contributed by atoms with E-state index in [0.29, 0.717) is 13.0 Å². The first kappa shape index (κ1) is 9.78. The molecule has 0 aliphatic carbocycles. The summed E-state index contributed by atoms with van der Waals surface area (Å²) in [6, 6.07) is 7.81. The van der Waals surface area contributed by atoms with Gasteiger partial charge in [-0.2, -0.15) is 0 Å². The Morgan fingerprint density at radius 3 is 2.85 bits per heavy atom. The van der Waals surface area contributed by atoms with Crippen molar-refractivity contribution in [3.8, 4) is 5.75 Å². The molecular weight excluding hydrogens is 164 g/mol. The van der Waals surface area contributed by atoms with E-state index in [9.17, 15) is 4.79 Å². The fourth-order valence-electron chi connectivity index (χ4n) is 1.02. The van der Waals surface area contributed by atoms with E-state index in [1.807, 2.05) is 31.2 Å². The second-order valence-electron chi connectivity index (χ2n) is 3.12. The van der Waals surface area contributed by atoms with E-state index in [4.69, 9.17) is 4.74 Å². The zero-order valence-corrected chi connectivity index (χ0v) is 8.04. The Morgan fingerprint density at radius 2 is 2.23 bits per heavy atom. The van der Waals surface area contributed by atoms with Crippen LogP contribution in [-0.4, -0.2) is 12.4 Å². The molecule has 1 aromatic carbocycles. The van der Waals surface area contributed by atoms with Crippen molar-refractivity contribution >= 4 is 5.78 Å². The van der Waals surface area contributed by atoms with Crippen LogP contribution in [0.1, 0.15) is 18.9 Å². The van der Waals surface area contributed by atoms with E-state index in [1.54, 1.807) is 6.92 Å². The molecule has 0 amide bonds. The number of aryl methyl sites for hydroxylation is 1. The zero-order valence-electron chi connectivity index (χ0n) is 8.04. The van der Waals surface area contributed by atoms with Crippen molar-refractivity contribution in [2.45, 2.75) is 20.3 Å². The third-order valence-corrected chi connectivity index (χ3v) is 1.71. The lowest BCUT2D eigenvalue weighted by atomic mass is 10.2. The molecule has 1 aromatic rings. The molecule has 0 atom stereocenters. The van der Waals surface area contributed by atoms with Gasteiger partial charge in [0.1, 0.15) is 11.5 Å². The van der Waals surface area contributed by atoms with E-state index in [-0.39, 0.29) is 5.78 Å². The largest absolute Gasteiger partial charge is 0.493 e. The zero-order chi connectivity index (χ0) is 9.68. The summed E-state index contributed by atoms with van der Waals surface area (Å²) < 4.78 is 5.38. The molecule has 2 heteroatoms. The molecule has 0 N–H and O–H groups in total. The third kappa shape index (κ3) is 3.74. The van der Waals surface area contributed by atoms with Gasteiger partial charge in [0, 0.05) is 6.42 Å². The normalized spacial score (nSPS) is 9.69.